The molecule has 1 saturated heterocycles. The normalized spacial score (nSPS) is 20.3. The van der Waals surface area contributed by atoms with Crippen LogP contribution >= 0.6 is 15.9 Å². The summed E-state index contributed by atoms with van der Waals surface area (Å²) in [6, 6.07) is 15.6. The number of amides is 1. The number of nitriles is 1. The minimum absolute atomic E-state index is 0.0637. The maximum atomic E-state index is 12.1. The summed E-state index contributed by atoms with van der Waals surface area (Å²) in [7, 11) is 0. The molecule has 2 aromatic carbocycles. The van der Waals surface area contributed by atoms with Crippen LogP contribution in [0.2, 0.25) is 0 Å². The van der Waals surface area contributed by atoms with Gasteiger partial charge in [-0.1, -0.05) is 15.9 Å². The van der Waals surface area contributed by atoms with Gasteiger partial charge in [0.15, 0.2) is 0 Å². The van der Waals surface area contributed by atoms with Crippen LogP contribution in [0.15, 0.2) is 46.9 Å². The van der Waals surface area contributed by atoms with Gasteiger partial charge in [-0.3, -0.25) is 4.79 Å². The summed E-state index contributed by atoms with van der Waals surface area (Å²) < 4.78 is 6.91. The molecule has 1 N–H and O–H groups in total. The van der Waals surface area contributed by atoms with E-state index in [1.165, 1.54) is 5.56 Å². The number of rotatable bonds is 6. The summed E-state index contributed by atoms with van der Waals surface area (Å²) in [6.07, 6.45) is 2.41. The van der Waals surface area contributed by atoms with Crippen LogP contribution in [0.1, 0.15) is 36.3 Å². The highest BCUT2D eigenvalue weighted by Gasteiger charge is 2.38. The van der Waals surface area contributed by atoms with E-state index in [9.17, 15) is 10.1 Å². The Morgan fingerprint density at radius 2 is 2.03 bits per heavy atom. The predicted molar refractivity (Wildman–Crippen MR) is 116 cm³/mol. The van der Waals surface area contributed by atoms with Crippen molar-refractivity contribution in [3.8, 4) is 11.8 Å². The first-order chi connectivity index (χ1) is 14.1. The van der Waals surface area contributed by atoms with Crippen LogP contribution < -0.4 is 10.1 Å². The summed E-state index contributed by atoms with van der Waals surface area (Å²) in [5, 5.41) is 12.1. The molecule has 6 heteroatoms. The molecule has 0 spiro atoms. The van der Waals surface area contributed by atoms with Crippen LogP contribution in [-0.2, 0) is 4.79 Å². The van der Waals surface area contributed by atoms with Gasteiger partial charge in [-0.05, 0) is 61.9 Å². The van der Waals surface area contributed by atoms with Crippen LogP contribution in [0.5, 0.6) is 5.75 Å². The number of nitrogens with one attached hydrogen (secondary N) is 1. The predicted octanol–water partition coefficient (Wildman–Crippen LogP) is 4.54. The Bertz CT molecular complexity index is 923. The summed E-state index contributed by atoms with van der Waals surface area (Å²) in [5.74, 6) is 1.91. The van der Waals surface area contributed by atoms with Crippen molar-refractivity contribution >= 4 is 27.5 Å². The Labute approximate surface area is 179 Å². The Kier molecular flexibility index (Phi) is 6.17. The zero-order chi connectivity index (χ0) is 20.2. The van der Waals surface area contributed by atoms with Gasteiger partial charge < -0.3 is 15.0 Å². The lowest BCUT2D eigenvalue weighted by Crippen LogP contribution is -2.25. The molecule has 5 nitrogen and oxygen atoms in total. The van der Waals surface area contributed by atoms with Crippen molar-refractivity contribution in [3.63, 3.8) is 0 Å². The van der Waals surface area contributed by atoms with Gasteiger partial charge >= 0.3 is 0 Å². The molecule has 29 heavy (non-hydrogen) atoms. The molecule has 0 aromatic heterocycles. The van der Waals surface area contributed by atoms with E-state index in [-0.39, 0.29) is 5.91 Å². The van der Waals surface area contributed by atoms with Crippen molar-refractivity contribution in [1.29, 1.82) is 5.26 Å². The van der Waals surface area contributed by atoms with Crippen LogP contribution in [0.3, 0.4) is 0 Å². The number of carbonyl (C=O) groups is 1. The minimum atomic E-state index is 0.0637. The second kappa shape index (κ2) is 8.98. The van der Waals surface area contributed by atoms with Gasteiger partial charge in [0.1, 0.15) is 5.75 Å². The van der Waals surface area contributed by atoms with Crippen LogP contribution in [0, 0.1) is 17.2 Å². The number of ether oxygens (including phenoxy) is 1. The number of hydrogen-bond acceptors (Lipinski definition) is 4. The third-order valence-corrected chi connectivity index (χ3v) is 6.29. The fraction of sp³-hybridized carbons (Fsp3) is 0.391. The molecule has 0 unspecified atom stereocenters. The zero-order valence-corrected chi connectivity index (χ0v) is 17.8. The van der Waals surface area contributed by atoms with Gasteiger partial charge in [0.05, 0.1) is 18.2 Å². The number of hydrogen-bond donors (Lipinski definition) is 1. The molecule has 1 amide bonds. The minimum Gasteiger partial charge on any atom is -0.493 e. The quantitative estimate of drug-likeness (QED) is 0.652. The molecule has 0 saturated carbocycles. The van der Waals surface area contributed by atoms with E-state index in [4.69, 9.17) is 4.74 Å². The number of nitrogens with zero attached hydrogens (tertiary/aromatic N) is 2. The molecule has 0 radical (unpaired) electrons. The summed E-state index contributed by atoms with van der Waals surface area (Å²) >= 11 is 3.39. The van der Waals surface area contributed by atoms with Gasteiger partial charge in [-0.2, -0.15) is 5.26 Å². The molecular weight excluding hydrogens is 430 g/mol. The number of likely N-dealkylation sites (tertiary alicyclic amines) is 1. The fourth-order valence-electron chi connectivity index (χ4n) is 4.28. The van der Waals surface area contributed by atoms with E-state index < -0.39 is 0 Å². The van der Waals surface area contributed by atoms with Gasteiger partial charge in [-0.15, -0.1) is 0 Å². The molecule has 150 valence electrons. The van der Waals surface area contributed by atoms with Gasteiger partial charge in [0, 0.05) is 47.1 Å². The van der Waals surface area contributed by atoms with E-state index in [2.05, 4.69) is 32.2 Å². The molecular formula is C23H24BrN3O2. The molecule has 0 bridgehead atoms. The Balaban J connectivity index is 1.23. The lowest BCUT2D eigenvalue weighted by Gasteiger charge is -2.27. The molecule has 0 aliphatic carbocycles. The van der Waals surface area contributed by atoms with Crippen LogP contribution in [-0.4, -0.2) is 37.0 Å². The third-order valence-electron chi connectivity index (χ3n) is 5.76. The highest BCUT2D eigenvalue weighted by molar-refractivity contribution is 9.10. The zero-order valence-electron chi connectivity index (χ0n) is 16.2. The highest BCUT2D eigenvalue weighted by atomic mass is 79.9. The molecule has 2 atom stereocenters. The third kappa shape index (κ3) is 4.80. The van der Waals surface area contributed by atoms with Gasteiger partial charge in [0.25, 0.3) is 0 Å². The molecule has 1 fully saturated rings. The van der Waals surface area contributed by atoms with E-state index in [0.717, 1.165) is 55.0 Å². The lowest BCUT2D eigenvalue weighted by molar-refractivity contribution is -0.116. The smallest absolute Gasteiger partial charge is 0.224 e. The van der Waals surface area contributed by atoms with E-state index in [1.54, 1.807) is 0 Å². The number of fused-ring (bicyclic) bond motifs is 3. The van der Waals surface area contributed by atoms with E-state index in [1.807, 2.05) is 42.5 Å². The monoisotopic (exact) mass is 453 g/mol. The second-order valence-corrected chi connectivity index (χ2v) is 8.73. The van der Waals surface area contributed by atoms with Crippen molar-refractivity contribution in [1.82, 2.24) is 4.90 Å². The largest absolute Gasteiger partial charge is 0.493 e. The number of benzene rings is 2. The number of halogens is 1. The molecule has 2 aliphatic rings. The van der Waals surface area contributed by atoms with Crippen LogP contribution in [0.25, 0.3) is 0 Å². The van der Waals surface area contributed by atoms with Crippen molar-refractivity contribution in [2.75, 3.05) is 31.6 Å². The van der Waals surface area contributed by atoms with E-state index >= 15 is 0 Å². The first-order valence-corrected chi connectivity index (χ1v) is 10.9. The maximum absolute atomic E-state index is 12.1. The molecule has 2 aromatic rings. The number of unbranched alkanes of at least 4 members (excludes halogenated alkanes) is 1. The highest BCUT2D eigenvalue weighted by Crippen LogP contribution is 2.41. The number of anilines is 1. The molecule has 2 heterocycles. The Morgan fingerprint density at radius 1 is 1.21 bits per heavy atom. The first-order valence-electron chi connectivity index (χ1n) is 10.1. The number of carbonyl (C=O) groups excluding carboxylic acids is 1. The average Bonchev–Trinajstić information content (AvgIpc) is 3.16. The second-order valence-electron chi connectivity index (χ2n) is 7.81. The molecule has 4 rings (SSSR count). The summed E-state index contributed by atoms with van der Waals surface area (Å²) in [4.78, 5) is 14.6. The average molecular weight is 454 g/mol. The fourth-order valence-corrected chi connectivity index (χ4v) is 4.54. The van der Waals surface area contributed by atoms with Crippen molar-refractivity contribution < 1.29 is 9.53 Å². The lowest BCUT2D eigenvalue weighted by atomic mass is 9.86. The first kappa shape index (κ1) is 19.9. The van der Waals surface area contributed by atoms with Gasteiger partial charge in [0.2, 0.25) is 5.91 Å². The summed E-state index contributed by atoms with van der Waals surface area (Å²) in [5.41, 5.74) is 2.71. The van der Waals surface area contributed by atoms with Crippen molar-refractivity contribution in [3.05, 3.63) is 58.1 Å². The van der Waals surface area contributed by atoms with Crippen molar-refractivity contribution in [2.45, 2.75) is 25.2 Å². The van der Waals surface area contributed by atoms with Gasteiger partial charge in [-0.25, -0.2) is 0 Å². The molecule has 2 aliphatic heterocycles. The SMILES string of the molecule is N#Cc1ccc2c(c1)[C@H]1CN(CCCCC(=O)Nc3ccc(Br)cc3)C[C@@H]1CO2. The van der Waals surface area contributed by atoms with Crippen molar-refractivity contribution in [2.24, 2.45) is 5.92 Å². The standard InChI is InChI=1S/C23H24BrN3O2/c24-18-5-7-19(8-6-18)26-23(28)3-1-2-10-27-13-17-15-29-22-9-4-16(12-25)11-20(22)21(17)14-27/h4-9,11,17,21H,1-3,10,13-15H2,(H,26,28)/t17-,21+/m1/s1. The topological polar surface area (TPSA) is 65.4 Å². The van der Waals surface area contributed by atoms with E-state index in [0.29, 0.717) is 23.8 Å². The Hall–Kier alpha value is -2.36. The summed E-state index contributed by atoms with van der Waals surface area (Å²) in [6.45, 7) is 3.76. The van der Waals surface area contributed by atoms with Crippen LogP contribution in [0.4, 0.5) is 5.69 Å². The Morgan fingerprint density at radius 3 is 2.83 bits per heavy atom. The maximum Gasteiger partial charge on any atom is 0.224 e.